The lowest BCUT2D eigenvalue weighted by molar-refractivity contribution is 1.40. The van der Waals surface area contributed by atoms with Crippen molar-refractivity contribution >= 4 is 17.0 Å². The molecule has 0 unspecified atom stereocenters. The van der Waals surface area contributed by atoms with Gasteiger partial charge in [0, 0.05) is 16.5 Å². The first-order valence-electron chi connectivity index (χ1n) is 6.93. The molecule has 3 heteroatoms. The van der Waals surface area contributed by atoms with Crippen LogP contribution in [0.4, 0.5) is 0 Å². The molecule has 1 aromatic heterocycles. The normalized spacial score (nSPS) is 9.95. The van der Waals surface area contributed by atoms with Gasteiger partial charge < -0.3 is 4.98 Å². The Bertz CT molecular complexity index is 932. The number of aryl methyl sites for hydroxylation is 1. The van der Waals surface area contributed by atoms with Gasteiger partial charge in [0.2, 0.25) is 0 Å². The largest absolute Gasteiger partial charge is 0.354 e. The maximum Gasteiger partial charge on any atom is 0.130 e. The second-order valence-corrected chi connectivity index (χ2v) is 5.06. The molecule has 3 aromatic rings. The summed E-state index contributed by atoms with van der Waals surface area (Å²) in [7, 11) is 0. The second kappa shape index (κ2) is 5.60. The van der Waals surface area contributed by atoms with Crippen molar-refractivity contribution in [3.05, 3.63) is 65.2 Å². The molecule has 3 rings (SSSR count). The Kier molecular flexibility index (Phi) is 3.48. The molecule has 22 heavy (non-hydrogen) atoms. The molecule has 0 amide bonds. The van der Waals surface area contributed by atoms with Crippen LogP contribution in [0.25, 0.3) is 28.2 Å². The maximum atomic E-state index is 9.06. The Morgan fingerprint density at radius 2 is 1.73 bits per heavy atom. The molecule has 0 bridgehead atoms. The Hall–Kier alpha value is -3.30. The van der Waals surface area contributed by atoms with Gasteiger partial charge in [0.1, 0.15) is 17.7 Å². The van der Waals surface area contributed by atoms with E-state index in [0.717, 1.165) is 33.3 Å². The molecule has 0 aliphatic carbocycles. The van der Waals surface area contributed by atoms with E-state index in [2.05, 4.69) is 4.98 Å². The number of nitriles is 2. The minimum absolute atomic E-state index is 0.0968. The zero-order valence-electron chi connectivity index (χ0n) is 12.1. The van der Waals surface area contributed by atoms with Gasteiger partial charge in [-0.2, -0.15) is 10.5 Å². The third-order valence-electron chi connectivity index (χ3n) is 3.67. The highest BCUT2D eigenvalue weighted by molar-refractivity contribution is 5.99. The molecular formula is C19H13N3. The van der Waals surface area contributed by atoms with Crippen molar-refractivity contribution in [1.29, 1.82) is 10.5 Å². The monoisotopic (exact) mass is 283 g/mol. The van der Waals surface area contributed by atoms with E-state index >= 15 is 0 Å². The lowest BCUT2D eigenvalue weighted by Gasteiger charge is -2.00. The summed E-state index contributed by atoms with van der Waals surface area (Å²) >= 11 is 0. The molecule has 1 N–H and O–H groups in total. The Morgan fingerprint density at radius 3 is 2.41 bits per heavy atom. The van der Waals surface area contributed by atoms with Crippen LogP contribution in [0, 0.1) is 29.6 Å². The average molecular weight is 283 g/mol. The topological polar surface area (TPSA) is 63.4 Å². The Labute approximate surface area is 128 Å². The highest BCUT2D eigenvalue weighted by atomic mass is 14.7. The standard InChI is InChI=1S/C19H13N3/c1-13-6-5-9-16-17(10-14(11-20)12-21)19(22-18(13)16)15-7-3-2-4-8-15/h2-10,22H,1H3. The maximum absolute atomic E-state index is 9.06. The first-order chi connectivity index (χ1) is 10.7. The molecule has 3 nitrogen and oxygen atoms in total. The number of benzene rings is 2. The molecular weight excluding hydrogens is 270 g/mol. The second-order valence-electron chi connectivity index (χ2n) is 5.06. The van der Waals surface area contributed by atoms with Crippen molar-refractivity contribution in [3.63, 3.8) is 0 Å². The smallest absolute Gasteiger partial charge is 0.130 e. The van der Waals surface area contributed by atoms with Gasteiger partial charge in [-0.05, 0) is 24.1 Å². The Balaban J connectivity index is 2.37. The number of para-hydroxylation sites is 1. The summed E-state index contributed by atoms with van der Waals surface area (Å²) in [6, 6.07) is 19.8. The number of rotatable bonds is 2. The summed E-state index contributed by atoms with van der Waals surface area (Å²) in [6.07, 6.45) is 1.65. The molecule has 0 saturated carbocycles. The first-order valence-corrected chi connectivity index (χ1v) is 6.93. The van der Waals surface area contributed by atoms with Crippen LogP contribution in [0.15, 0.2) is 54.1 Å². The highest BCUT2D eigenvalue weighted by Gasteiger charge is 2.13. The molecule has 0 spiro atoms. The lowest BCUT2D eigenvalue weighted by atomic mass is 10.0. The van der Waals surface area contributed by atoms with Crippen molar-refractivity contribution in [2.75, 3.05) is 0 Å². The molecule has 0 atom stereocenters. The number of hydrogen-bond donors (Lipinski definition) is 1. The number of hydrogen-bond acceptors (Lipinski definition) is 2. The molecule has 0 radical (unpaired) electrons. The van der Waals surface area contributed by atoms with Gasteiger partial charge in [-0.3, -0.25) is 0 Å². The summed E-state index contributed by atoms with van der Waals surface area (Å²) in [5, 5.41) is 19.1. The van der Waals surface area contributed by atoms with E-state index in [1.54, 1.807) is 6.08 Å². The summed E-state index contributed by atoms with van der Waals surface area (Å²) in [5.41, 5.74) is 5.09. The number of nitrogens with zero attached hydrogens (tertiary/aromatic N) is 2. The molecule has 1 heterocycles. The van der Waals surface area contributed by atoms with Crippen LogP contribution in [0.5, 0.6) is 0 Å². The number of aromatic amines is 1. The molecule has 0 fully saturated rings. The van der Waals surface area contributed by atoms with Crippen LogP contribution in [0.2, 0.25) is 0 Å². The van der Waals surface area contributed by atoms with Gasteiger partial charge in [-0.1, -0.05) is 48.5 Å². The fraction of sp³-hybridized carbons (Fsp3) is 0.0526. The summed E-state index contributed by atoms with van der Waals surface area (Å²) in [5.74, 6) is 0. The van der Waals surface area contributed by atoms with Gasteiger partial charge in [-0.25, -0.2) is 0 Å². The van der Waals surface area contributed by atoms with Crippen LogP contribution in [0.3, 0.4) is 0 Å². The summed E-state index contributed by atoms with van der Waals surface area (Å²) in [4.78, 5) is 3.44. The minimum Gasteiger partial charge on any atom is -0.354 e. The van der Waals surface area contributed by atoms with E-state index in [0.29, 0.717) is 0 Å². The summed E-state index contributed by atoms with van der Waals surface area (Å²) in [6.45, 7) is 2.04. The van der Waals surface area contributed by atoms with Crippen molar-refractivity contribution < 1.29 is 0 Å². The van der Waals surface area contributed by atoms with Crippen molar-refractivity contribution in [2.24, 2.45) is 0 Å². The predicted molar refractivity (Wildman–Crippen MR) is 87.7 cm³/mol. The number of H-pyrrole nitrogens is 1. The van der Waals surface area contributed by atoms with Gasteiger partial charge in [0.25, 0.3) is 0 Å². The number of fused-ring (bicyclic) bond motifs is 1. The predicted octanol–water partition coefficient (Wildman–Crippen LogP) is 4.57. The van der Waals surface area contributed by atoms with Crippen LogP contribution >= 0.6 is 0 Å². The molecule has 0 aliphatic heterocycles. The zero-order valence-corrected chi connectivity index (χ0v) is 12.1. The van der Waals surface area contributed by atoms with E-state index in [1.807, 2.05) is 67.6 Å². The van der Waals surface area contributed by atoms with Gasteiger partial charge in [0.05, 0.1) is 5.69 Å². The number of allylic oxidation sites excluding steroid dienone is 1. The minimum atomic E-state index is 0.0968. The van der Waals surface area contributed by atoms with Crippen molar-refractivity contribution in [2.45, 2.75) is 6.92 Å². The van der Waals surface area contributed by atoms with E-state index < -0.39 is 0 Å². The van der Waals surface area contributed by atoms with Crippen LogP contribution in [-0.2, 0) is 0 Å². The molecule has 2 aromatic carbocycles. The molecule has 0 saturated heterocycles. The van der Waals surface area contributed by atoms with Gasteiger partial charge >= 0.3 is 0 Å². The van der Waals surface area contributed by atoms with Crippen LogP contribution < -0.4 is 0 Å². The number of nitrogens with one attached hydrogen (secondary N) is 1. The molecule has 0 aliphatic rings. The van der Waals surface area contributed by atoms with Gasteiger partial charge in [0.15, 0.2) is 0 Å². The van der Waals surface area contributed by atoms with Gasteiger partial charge in [-0.15, -0.1) is 0 Å². The van der Waals surface area contributed by atoms with E-state index in [4.69, 9.17) is 10.5 Å². The van der Waals surface area contributed by atoms with Crippen molar-refractivity contribution in [1.82, 2.24) is 4.98 Å². The fourth-order valence-corrected chi connectivity index (χ4v) is 2.60. The Morgan fingerprint density at radius 1 is 1.00 bits per heavy atom. The van der Waals surface area contributed by atoms with Crippen LogP contribution in [0.1, 0.15) is 11.1 Å². The third kappa shape index (κ3) is 2.26. The fourth-order valence-electron chi connectivity index (χ4n) is 2.60. The summed E-state index contributed by atoms with van der Waals surface area (Å²) < 4.78 is 0. The average Bonchev–Trinajstić information content (AvgIpc) is 2.93. The SMILES string of the molecule is Cc1cccc2c(C=C(C#N)C#N)c(-c3ccccc3)[nH]c12. The zero-order chi connectivity index (χ0) is 15.5. The van der Waals surface area contributed by atoms with E-state index in [1.165, 1.54) is 0 Å². The highest BCUT2D eigenvalue weighted by Crippen LogP contribution is 2.33. The van der Waals surface area contributed by atoms with Crippen molar-refractivity contribution in [3.8, 4) is 23.4 Å². The third-order valence-corrected chi connectivity index (χ3v) is 3.67. The quantitative estimate of drug-likeness (QED) is 0.700. The molecule has 104 valence electrons. The van der Waals surface area contributed by atoms with E-state index in [9.17, 15) is 0 Å². The van der Waals surface area contributed by atoms with E-state index in [-0.39, 0.29) is 5.57 Å². The van der Waals surface area contributed by atoms with Crippen LogP contribution in [-0.4, -0.2) is 4.98 Å². The first kappa shape index (κ1) is 13.7. The number of aromatic nitrogens is 1. The lowest BCUT2D eigenvalue weighted by Crippen LogP contribution is -1.81.